The Labute approximate surface area is 113 Å². The molecule has 0 fully saturated rings. The molecule has 19 heavy (non-hydrogen) atoms. The number of aryl methyl sites for hydroxylation is 1. The molecular weight excluding hydrogens is 236 g/mol. The third-order valence-electron chi connectivity index (χ3n) is 3.48. The van der Waals surface area contributed by atoms with Gasteiger partial charge < -0.3 is 4.57 Å². The van der Waals surface area contributed by atoms with Crippen LogP contribution >= 0.6 is 0 Å². The van der Waals surface area contributed by atoms with E-state index in [0.29, 0.717) is 0 Å². The summed E-state index contributed by atoms with van der Waals surface area (Å²) in [6.07, 6.45) is 4.73. The lowest BCUT2D eigenvalue weighted by molar-refractivity contribution is 0.112. The smallest absolute Gasteiger partial charge is 0.150 e. The Kier molecular flexibility index (Phi) is 3.71. The van der Waals surface area contributed by atoms with Gasteiger partial charge in [0, 0.05) is 29.2 Å². The Morgan fingerprint density at radius 3 is 2.84 bits per heavy atom. The molecule has 0 amide bonds. The zero-order chi connectivity index (χ0) is 13.9. The van der Waals surface area contributed by atoms with Crippen molar-refractivity contribution in [1.82, 2.24) is 4.57 Å². The molecular formula is C16H18N2O. The summed E-state index contributed by atoms with van der Waals surface area (Å²) >= 11 is 0. The first-order valence-electron chi connectivity index (χ1n) is 6.52. The first-order chi connectivity index (χ1) is 9.07. The largest absolute Gasteiger partial charge is 0.347 e. The molecule has 0 saturated carbocycles. The van der Waals surface area contributed by atoms with Crippen molar-refractivity contribution in [3.8, 4) is 6.07 Å². The summed E-state index contributed by atoms with van der Waals surface area (Å²) in [7, 11) is 0. The van der Waals surface area contributed by atoms with E-state index in [0.717, 1.165) is 42.1 Å². The fraction of sp³-hybridized carbons (Fsp3) is 0.375. The molecule has 3 nitrogen and oxygen atoms in total. The lowest BCUT2D eigenvalue weighted by Gasteiger charge is -2.15. The van der Waals surface area contributed by atoms with Crippen molar-refractivity contribution in [1.29, 1.82) is 5.26 Å². The quantitative estimate of drug-likeness (QED) is 0.762. The average Bonchev–Trinajstić information content (AvgIpc) is 2.82. The second-order valence-corrected chi connectivity index (χ2v) is 5.51. The Bertz CT molecular complexity index is 632. The number of aldehydes is 1. The standard InChI is InChI=1S/C16H18N2O/c1-16(2,12-17)8-4-9-18-10-7-14-13(11-19)5-3-6-15(14)18/h3,5-7,10-11H,4,8-9H2,1-2H3. The minimum Gasteiger partial charge on any atom is -0.347 e. The van der Waals surface area contributed by atoms with Crippen LogP contribution in [0, 0.1) is 16.7 Å². The van der Waals surface area contributed by atoms with E-state index in [4.69, 9.17) is 5.26 Å². The molecule has 0 radical (unpaired) electrons. The first-order valence-corrected chi connectivity index (χ1v) is 6.52. The lowest BCUT2D eigenvalue weighted by Crippen LogP contribution is -2.09. The predicted octanol–water partition coefficient (Wildman–Crippen LogP) is 3.78. The van der Waals surface area contributed by atoms with Crippen LogP contribution in [0.25, 0.3) is 10.9 Å². The Hall–Kier alpha value is -2.08. The van der Waals surface area contributed by atoms with Gasteiger partial charge in [-0.2, -0.15) is 5.26 Å². The average molecular weight is 254 g/mol. The number of carbonyl (C=O) groups excluding carboxylic acids is 1. The van der Waals surface area contributed by atoms with Gasteiger partial charge in [-0.1, -0.05) is 12.1 Å². The Balaban J connectivity index is 2.15. The molecule has 98 valence electrons. The summed E-state index contributed by atoms with van der Waals surface area (Å²) < 4.78 is 2.15. The van der Waals surface area contributed by atoms with Crippen LogP contribution in [0.3, 0.4) is 0 Å². The summed E-state index contributed by atoms with van der Waals surface area (Å²) in [6, 6.07) is 10.1. The maximum atomic E-state index is 11.0. The monoisotopic (exact) mass is 254 g/mol. The SMILES string of the molecule is CC(C)(C#N)CCCn1ccc2c(C=O)cccc21. The van der Waals surface area contributed by atoms with Crippen molar-refractivity contribution < 1.29 is 4.79 Å². The van der Waals surface area contributed by atoms with Crippen LogP contribution in [0.2, 0.25) is 0 Å². The number of hydrogen-bond donors (Lipinski definition) is 0. The maximum Gasteiger partial charge on any atom is 0.150 e. The van der Waals surface area contributed by atoms with Crippen LogP contribution in [0.5, 0.6) is 0 Å². The predicted molar refractivity (Wildman–Crippen MR) is 76.0 cm³/mol. The van der Waals surface area contributed by atoms with Gasteiger partial charge in [0.25, 0.3) is 0 Å². The van der Waals surface area contributed by atoms with Crippen LogP contribution in [0.4, 0.5) is 0 Å². The molecule has 1 heterocycles. The van der Waals surface area contributed by atoms with Gasteiger partial charge in [0.2, 0.25) is 0 Å². The summed E-state index contributed by atoms with van der Waals surface area (Å²) in [4.78, 5) is 11.0. The lowest BCUT2D eigenvalue weighted by atomic mass is 9.90. The zero-order valence-electron chi connectivity index (χ0n) is 11.4. The molecule has 0 aliphatic carbocycles. The molecule has 0 atom stereocenters. The molecule has 2 aromatic rings. The number of carbonyl (C=O) groups is 1. The van der Waals surface area contributed by atoms with Crippen molar-refractivity contribution in [2.45, 2.75) is 33.2 Å². The topological polar surface area (TPSA) is 45.8 Å². The molecule has 0 aliphatic rings. The van der Waals surface area contributed by atoms with Crippen LogP contribution in [-0.4, -0.2) is 10.9 Å². The maximum absolute atomic E-state index is 11.0. The molecule has 0 saturated heterocycles. The van der Waals surface area contributed by atoms with E-state index in [1.165, 1.54) is 0 Å². The van der Waals surface area contributed by atoms with Gasteiger partial charge in [0.15, 0.2) is 6.29 Å². The van der Waals surface area contributed by atoms with E-state index in [2.05, 4.69) is 10.6 Å². The van der Waals surface area contributed by atoms with E-state index in [1.54, 1.807) is 0 Å². The summed E-state index contributed by atoms with van der Waals surface area (Å²) in [6.45, 7) is 4.80. The molecule has 0 N–H and O–H groups in total. The highest BCUT2D eigenvalue weighted by molar-refractivity contribution is 5.97. The Morgan fingerprint density at radius 2 is 2.16 bits per heavy atom. The van der Waals surface area contributed by atoms with Crippen molar-refractivity contribution >= 4 is 17.2 Å². The number of hydrogen-bond acceptors (Lipinski definition) is 2. The Morgan fingerprint density at radius 1 is 1.37 bits per heavy atom. The van der Waals surface area contributed by atoms with E-state index in [-0.39, 0.29) is 5.41 Å². The molecule has 0 unspecified atom stereocenters. The van der Waals surface area contributed by atoms with E-state index in [9.17, 15) is 4.79 Å². The zero-order valence-corrected chi connectivity index (χ0v) is 11.4. The van der Waals surface area contributed by atoms with Crippen LogP contribution in [0.15, 0.2) is 30.5 Å². The van der Waals surface area contributed by atoms with Crippen LogP contribution in [0.1, 0.15) is 37.0 Å². The number of fused-ring (bicyclic) bond motifs is 1. The number of aromatic nitrogens is 1. The second-order valence-electron chi connectivity index (χ2n) is 5.51. The summed E-state index contributed by atoms with van der Waals surface area (Å²) in [5.74, 6) is 0. The van der Waals surface area contributed by atoms with Crippen molar-refractivity contribution in [2.24, 2.45) is 5.41 Å². The van der Waals surface area contributed by atoms with E-state index < -0.39 is 0 Å². The van der Waals surface area contributed by atoms with Crippen molar-refractivity contribution in [3.63, 3.8) is 0 Å². The number of nitrogens with zero attached hydrogens (tertiary/aromatic N) is 2. The molecule has 3 heteroatoms. The highest BCUT2D eigenvalue weighted by Crippen LogP contribution is 2.23. The van der Waals surface area contributed by atoms with E-state index in [1.807, 2.05) is 44.3 Å². The number of rotatable bonds is 5. The van der Waals surface area contributed by atoms with Gasteiger partial charge in [-0.25, -0.2) is 0 Å². The molecule has 0 aliphatic heterocycles. The molecule has 1 aromatic heterocycles. The highest BCUT2D eigenvalue weighted by atomic mass is 16.1. The molecule has 0 bridgehead atoms. The van der Waals surface area contributed by atoms with Gasteiger partial charge in [-0.3, -0.25) is 4.79 Å². The minimum absolute atomic E-state index is 0.267. The molecule has 0 spiro atoms. The molecule has 2 rings (SSSR count). The van der Waals surface area contributed by atoms with E-state index >= 15 is 0 Å². The molecule has 1 aromatic carbocycles. The van der Waals surface area contributed by atoms with Crippen molar-refractivity contribution in [2.75, 3.05) is 0 Å². The number of benzene rings is 1. The van der Waals surface area contributed by atoms with Gasteiger partial charge in [-0.05, 0) is 38.8 Å². The number of nitriles is 1. The third-order valence-corrected chi connectivity index (χ3v) is 3.48. The van der Waals surface area contributed by atoms with Crippen LogP contribution in [-0.2, 0) is 6.54 Å². The first kappa shape index (κ1) is 13.4. The van der Waals surface area contributed by atoms with Crippen molar-refractivity contribution in [3.05, 3.63) is 36.0 Å². The van der Waals surface area contributed by atoms with Gasteiger partial charge >= 0.3 is 0 Å². The summed E-state index contributed by atoms with van der Waals surface area (Å²) in [5.41, 5.74) is 1.55. The van der Waals surface area contributed by atoms with Crippen LogP contribution < -0.4 is 0 Å². The fourth-order valence-electron chi connectivity index (χ4n) is 2.29. The fourth-order valence-corrected chi connectivity index (χ4v) is 2.29. The van der Waals surface area contributed by atoms with Gasteiger partial charge in [-0.15, -0.1) is 0 Å². The van der Waals surface area contributed by atoms with Gasteiger partial charge in [0.1, 0.15) is 0 Å². The van der Waals surface area contributed by atoms with Gasteiger partial charge in [0.05, 0.1) is 11.5 Å². The highest BCUT2D eigenvalue weighted by Gasteiger charge is 2.15. The summed E-state index contributed by atoms with van der Waals surface area (Å²) in [5, 5.41) is 9.99. The second kappa shape index (κ2) is 5.27. The normalized spacial score (nSPS) is 11.4. The third kappa shape index (κ3) is 2.85. The minimum atomic E-state index is -0.267.